The molecule has 3 nitrogen and oxygen atoms in total. The Hall–Kier alpha value is -2.00. The molecule has 0 saturated heterocycles. The maximum atomic E-state index is 9.27. The summed E-state index contributed by atoms with van der Waals surface area (Å²) >= 11 is 0. The van der Waals surface area contributed by atoms with E-state index in [-0.39, 0.29) is 11.5 Å². The second kappa shape index (κ2) is 4.70. The molecule has 0 fully saturated rings. The van der Waals surface area contributed by atoms with E-state index < -0.39 is 5.54 Å². The number of aromatic hydroxyl groups is 2. The lowest BCUT2D eigenvalue weighted by Gasteiger charge is -2.25. The molecule has 0 saturated carbocycles. The Balaban J connectivity index is 2.20. The fourth-order valence-corrected chi connectivity index (χ4v) is 1.98. The fraction of sp³-hybridized carbons (Fsp3) is 0.200. The number of phenols is 2. The Labute approximate surface area is 107 Å². The van der Waals surface area contributed by atoms with Crippen LogP contribution in [0.15, 0.2) is 48.5 Å². The lowest BCUT2D eigenvalue weighted by molar-refractivity contribution is 0.467. The smallest absolute Gasteiger partial charge is 0.115 e. The Morgan fingerprint density at radius 1 is 0.889 bits per heavy atom. The van der Waals surface area contributed by atoms with Crippen molar-refractivity contribution < 1.29 is 10.2 Å². The van der Waals surface area contributed by atoms with E-state index in [0.29, 0.717) is 6.42 Å². The number of hydrogen-bond donors (Lipinski definition) is 3. The van der Waals surface area contributed by atoms with Gasteiger partial charge in [-0.25, -0.2) is 0 Å². The van der Waals surface area contributed by atoms with Crippen LogP contribution in [0.3, 0.4) is 0 Å². The van der Waals surface area contributed by atoms with Crippen molar-refractivity contribution in [1.29, 1.82) is 0 Å². The van der Waals surface area contributed by atoms with E-state index in [9.17, 15) is 10.2 Å². The van der Waals surface area contributed by atoms with Gasteiger partial charge in [0.2, 0.25) is 0 Å². The molecule has 1 atom stereocenters. The van der Waals surface area contributed by atoms with Gasteiger partial charge < -0.3 is 15.9 Å². The SMILES string of the molecule is CC(N)(Cc1ccc(O)cc1)c1ccc(O)cc1. The minimum atomic E-state index is -0.509. The van der Waals surface area contributed by atoms with Crippen molar-refractivity contribution >= 4 is 0 Å². The number of phenolic OH excluding ortho intramolecular Hbond substituents is 2. The van der Waals surface area contributed by atoms with Crippen molar-refractivity contribution in [2.24, 2.45) is 5.73 Å². The van der Waals surface area contributed by atoms with Crippen LogP contribution in [0.2, 0.25) is 0 Å². The van der Waals surface area contributed by atoms with Crippen molar-refractivity contribution in [2.75, 3.05) is 0 Å². The van der Waals surface area contributed by atoms with Gasteiger partial charge in [-0.05, 0) is 48.7 Å². The number of rotatable bonds is 3. The standard InChI is InChI=1S/C15H17NO2/c1-15(16,12-4-8-14(18)9-5-12)10-11-2-6-13(17)7-3-11/h2-9,17-18H,10,16H2,1H3. The Bertz CT molecular complexity index is 515. The van der Waals surface area contributed by atoms with Gasteiger partial charge in [0.25, 0.3) is 0 Å². The Kier molecular flexibility index (Phi) is 3.26. The minimum absolute atomic E-state index is 0.235. The summed E-state index contributed by atoms with van der Waals surface area (Å²) in [4.78, 5) is 0. The van der Waals surface area contributed by atoms with E-state index in [0.717, 1.165) is 11.1 Å². The first-order valence-electron chi connectivity index (χ1n) is 5.84. The van der Waals surface area contributed by atoms with E-state index >= 15 is 0 Å². The molecule has 18 heavy (non-hydrogen) atoms. The van der Waals surface area contributed by atoms with Crippen LogP contribution in [0.4, 0.5) is 0 Å². The molecule has 0 heterocycles. The first-order valence-corrected chi connectivity index (χ1v) is 5.84. The molecule has 0 radical (unpaired) electrons. The fourth-order valence-electron chi connectivity index (χ4n) is 1.98. The molecule has 3 heteroatoms. The molecular weight excluding hydrogens is 226 g/mol. The maximum Gasteiger partial charge on any atom is 0.115 e. The highest BCUT2D eigenvalue weighted by Crippen LogP contribution is 2.25. The average Bonchev–Trinajstić information content (AvgIpc) is 2.32. The molecule has 0 spiro atoms. The van der Waals surface area contributed by atoms with Crippen molar-refractivity contribution in [3.63, 3.8) is 0 Å². The van der Waals surface area contributed by atoms with Crippen molar-refractivity contribution in [3.05, 3.63) is 59.7 Å². The van der Waals surface area contributed by atoms with Crippen molar-refractivity contribution in [3.8, 4) is 11.5 Å². The lowest BCUT2D eigenvalue weighted by atomic mass is 9.86. The van der Waals surface area contributed by atoms with Crippen molar-refractivity contribution in [1.82, 2.24) is 0 Å². The van der Waals surface area contributed by atoms with Gasteiger partial charge in [0, 0.05) is 5.54 Å². The highest BCUT2D eigenvalue weighted by molar-refractivity contribution is 5.33. The average molecular weight is 243 g/mol. The molecule has 2 aromatic rings. The van der Waals surface area contributed by atoms with E-state index in [1.54, 1.807) is 24.3 Å². The lowest BCUT2D eigenvalue weighted by Crippen LogP contribution is -2.35. The van der Waals surface area contributed by atoms with Crippen LogP contribution in [-0.4, -0.2) is 10.2 Å². The maximum absolute atomic E-state index is 9.27. The van der Waals surface area contributed by atoms with Crippen molar-refractivity contribution in [2.45, 2.75) is 18.9 Å². The summed E-state index contributed by atoms with van der Waals surface area (Å²) < 4.78 is 0. The van der Waals surface area contributed by atoms with E-state index in [2.05, 4.69) is 0 Å². The summed E-state index contributed by atoms with van der Waals surface area (Å²) in [5, 5.41) is 18.5. The van der Waals surface area contributed by atoms with Gasteiger partial charge in [0.1, 0.15) is 11.5 Å². The van der Waals surface area contributed by atoms with Crippen LogP contribution in [0, 0.1) is 0 Å². The van der Waals surface area contributed by atoms with E-state index in [4.69, 9.17) is 5.73 Å². The summed E-state index contributed by atoms with van der Waals surface area (Å²) in [6, 6.07) is 14.0. The van der Waals surface area contributed by atoms with Crippen LogP contribution < -0.4 is 5.73 Å². The highest BCUT2D eigenvalue weighted by atomic mass is 16.3. The molecule has 94 valence electrons. The van der Waals surface area contributed by atoms with Crippen LogP contribution >= 0.6 is 0 Å². The van der Waals surface area contributed by atoms with Crippen LogP contribution in [0.1, 0.15) is 18.1 Å². The molecule has 4 N–H and O–H groups in total. The van der Waals surface area contributed by atoms with Gasteiger partial charge in [-0.15, -0.1) is 0 Å². The molecule has 2 rings (SSSR count). The highest BCUT2D eigenvalue weighted by Gasteiger charge is 2.21. The zero-order valence-corrected chi connectivity index (χ0v) is 10.3. The molecular formula is C15H17NO2. The third kappa shape index (κ3) is 2.81. The minimum Gasteiger partial charge on any atom is -0.508 e. The summed E-state index contributed by atoms with van der Waals surface area (Å²) in [6.07, 6.45) is 0.665. The predicted octanol–water partition coefficient (Wildman–Crippen LogP) is 2.51. The molecule has 0 aliphatic heterocycles. The predicted molar refractivity (Wildman–Crippen MR) is 71.5 cm³/mol. The van der Waals surface area contributed by atoms with Gasteiger partial charge in [-0.2, -0.15) is 0 Å². The summed E-state index contributed by atoms with van der Waals surface area (Å²) in [5.74, 6) is 0.487. The molecule has 0 bridgehead atoms. The molecule has 0 amide bonds. The summed E-state index contributed by atoms with van der Waals surface area (Å²) in [5.41, 5.74) is 7.83. The first kappa shape index (κ1) is 12.5. The molecule has 0 aliphatic carbocycles. The van der Waals surface area contributed by atoms with Crippen LogP contribution in [0.25, 0.3) is 0 Å². The first-order chi connectivity index (χ1) is 8.47. The zero-order valence-electron chi connectivity index (χ0n) is 10.3. The molecule has 0 aliphatic rings. The van der Waals surface area contributed by atoms with Gasteiger partial charge >= 0.3 is 0 Å². The number of nitrogens with two attached hydrogens (primary N) is 1. The second-order valence-electron chi connectivity index (χ2n) is 4.81. The van der Waals surface area contributed by atoms with Crippen LogP contribution in [-0.2, 0) is 12.0 Å². The normalized spacial score (nSPS) is 14.1. The number of benzene rings is 2. The van der Waals surface area contributed by atoms with Gasteiger partial charge in [0.05, 0.1) is 0 Å². The molecule has 1 unspecified atom stereocenters. The Morgan fingerprint density at radius 3 is 1.83 bits per heavy atom. The van der Waals surface area contributed by atoms with E-state index in [1.807, 2.05) is 31.2 Å². The Morgan fingerprint density at radius 2 is 1.33 bits per heavy atom. The largest absolute Gasteiger partial charge is 0.508 e. The van der Waals surface area contributed by atoms with Gasteiger partial charge in [0.15, 0.2) is 0 Å². The summed E-state index contributed by atoms with van der Waals surface area (Å²) in [7, 11) is 0. The van der Waals surface area contributed by atoms with Gasteiger partial charge in [-0.1, -0.05) is 24.3 Å². The third-order valence-corrected chi connectivity index (χ3v) is 3.03. The van der Waals surface area contributed by atoms with Crippen LogP contribution in [0.5, 0.6) is 11.5 Å². The number of hydrogen-bond acceptors (Lipinski definition) is 3. The quantitative estimate of drug-likeness (QED) is 0.776. The molecule has 2 aromatic carbocycles. The third-order valence-electron chi connectivity index (χ3n) is 3.03. The molecule has 0 aromatic heterocycles. The second-order valence-corrected chi connectivity index (χ2v) is 4.81. The zero-order chi connectivity index (χ0) is 13.2. The van der Waals surface area contributed by atoms with Gasteiger partial charge in [-0.3, -0.25) is 0 Å². The summed E-state index contributed by atoms with van der Waals surface area (Å²) in [6.45, 7) is 1.95. The van der Waals surface area contributed by atoms with E-state index in [1.165, 1.54) is 0 Å². The topological polar surface area (TPSA) is 66.5 Å². The monoisotopic (exact) mass is 243 g/mol.